The van der Waals surface area contributed by atoms with E-state index in [1.165, 1.54) is 6.07 Å². The van der Waals surface area contributed by atoms with Crippen LogP contribution in [-0.4, -0.2) is 32.5 Å². The Labute approximate surface area is 116 Å². The molecular weight excluding hydrogens is 280 g/mol. The molecule has 20 heavy (non-hydrogen) atoms. The van der Waals surface area contributed by atoms with Gasteiger partial charge in [0.1, 0.15) is 4.90 Å². The van der Waals surface area contributed by atoms with Crippen molar-refractivity contribution in [2.24, 2.45) is 0 Å². The summed E-state index contributed by atoms with van der Waals surface area (Å²) in [4.78, 5) is 19.1. The number of rotatable bonds is 4. The monoisotopic (exact) mass is 294 g/mol. The summed E-state index contributed by atoms with van der Waals surface area (Å²) in [7, 11) is -0.245. The fourth-order valence-corrected chi connectivity index (χ4v) is 2.63. The summed E-state index contributed by atoms with van der Waals surface area (Å²) < 4.78 is 26.9. The lowest BCUT2D eigenvalue weighted by atomic mass is 10.4. The minimum Gasteiger partial charge on any atom is -0.361 e. The van der Waals surface area contributed by atoms with Crippen molar-refractivity contribution in [3.8, 4) is 0 Å². The number of nitrogens with one attached hydrogen (secondary N) is 2. The van der Waals surface area contributed by atoms with Crippen molar-refractivity contribution < 1.29 is 8.42 Å². The second kappa shape index (κ2) is 5.33. The van der Waals surface area contributed by atoms with Crippen molar-refractivity contribution in [1.29, 1.82) is 0 Å². The molecule has 0 saturated carbocycles. The first-order valence-corrected chi connectivity index (χ1v) is 7.22. The molecule has 0 atom stereocenters. The van der Waals surface area contributed by atoms with E-state index in [1.54, 1.807) is 37.3 Å². The number of aromatic amines is 1. The molecule has 7 nitrogen and oxygen atoms in total. The van der Waals surface area contributed by atoms with Gasteiger partial charge in [-0.2, -0.15) is 0 Å². The minimum absolute atomic E-state index is 0.0225. The van der Waals surface area contributed by atoms with Crippen molar-refractivity contribution in [3.63, 3.8) is 0 Å². The van der Waals surface area contributed by atoms with Crippen LogP contribution in [0.15, 0.2) is 46.3 Å². The number of aromatic nitrogens is 2. The molecule has 2 aromatic heterocycles. The predicted molar refractivity (Wildman–Crippen MR) is 76.4 cm³/mol. The molecule has 0 aliphatic heterocycles. The van der Waals surface area contributed by atoms with E-state index in [4.69, 9.17) is 0 Å². The topological polar surface area (TPSA) is 95.2 Å². The van der Waals surface area contributed by atoms with Crippen LogP contribution in [0, 0.1) is 0 Å². The van der Waals surface area contributed by atoms with Crippen LogP contribution in [0.4, 0.5) is 11.5 Å². The smallest absolute Gasteiger partial charge is 0.263 e. The standard InChI is InChI=1S/C12H14N4O3S/c1-16(2)12-10(4-3-7-13-12)15-20(18,19)9-5-6-11(17)14-8-9/h3-8,15H,1-2H3,(H,14,17). The highest BCUT2D eigenvalue weighted by Gasteiger charge is 2.17. The van der Waals surface area contributed by atoms with Gasteiger partial charge in [0.2, 0.25) is 5.56 Å². The first kappa shape index (κ1) is 14.1. The molecule has 0 bridgehead atoms. The number of nitrogens with zero attached hydrogens (tertiary/aromatic N) is 2. The van der Waals surface area contributed by atoms with E-state index in [-0.39, 0.29) is 10.5 Å². The van der Waals surface area contributed by atoms with E-state index >= 15 is 0 Å². The fourth-order valence-electron chi connectivity index (χ4n) is 1.60. The molecule has 2 rings (SSSR count). The Hall–Kier alpha value is -2.35. The molecule has 0 radical (unpaired) electrons. The third kappa shape index (κ3) is 2.97. The van der Waals surface area contributed by atoms with Crippen LogP contribution in [0.5, 0.6) is 0 Å². The quantitative estimate of drug-likeness (QED) is 0.862. The average Bonchev–Trinajstić information content (AvgIpc) is 2.39. The zero-order valence-corrected chi connectivity index (χ0v) is 11.8. The normalized spacial score (nSPS) is 11.1. The number of sulfonamides is 1. The lowest BCUT2D eigenvalue weighted by molar-refractivity contribution is 0.600. The molecule has 0 aromatic carbocycles. The Morgan fingerprint density at radius 1 is 1.25 bits per heavy atom. The molecule has 2 aromatic rings. The van der Waals surface area contributed by atoms with E-state index in [0.29, 0.717) is 11.5 Å². The molecule has 0 spiro atoms. The molecule has 8 heteroatoms. The molecule has 106 valence electrons. The number of H-pyrrole nitrogens is 1. The zero-order valence-electron chi connectivity index (χ0n) is 11.0. The molecule has 0 saturated heterocycles. The van der Waals surface area contributed by atoms with Crippen molar-refractivity contribution in [1.82, 2.24) is 9.97 Å². The number of pyridine rings is 2. The van der Waals surface area contributed by atoms with E-state index < -0.39 is 10.0 Å². The summed E-state index contributed by atoms with van der Waals surface area (Å²) in [6, 6.07) is 5.65. The summed E-state index contributed by atoms with van der Waals surface area (Å²) in [6.45, 7) is 0. The van der Waals surface area contributed by atoms with Crippen molar-refractivity contribution >= 4 is 21.5 Å². The highest BCUT2D eigenvalue weighted by atomic mass is 32.2. The zero-order chi connectivity index (χ0) is 14.8. The second-order valence-corrected chi connectivity index (χ2v) is 5.95. The van der Waals surface area contributed by atoms with Gasteiger partial charge >= 0.3 is 0 Å². The van der Waals surface area contributed by atoms with Crippen LogP contribution in [0.1, 0.15) is 0 Å². The molecule has 2 N–H and O–H groups in total. The van der Waals surface area contributed by atoms with E-state index in [1.807, 2.05) is 0 Å². The molecule has 0 fully saturated rings. The maximum Gasteiger partial charge on any atom is 0.263 e. The van der Waals surface area contributed by atoms with Gasteiger partial charge < -0.3 is 9.88 Å². The Balaban J connectivity index is 2.38. The Kier molecular flexibility index (Phi) is 3.75. The average molecular weight is 294 g/mol. The van der Waals surface area contributed by atoms with Gasteiger partial charge in [-0.3, -0.25) is 9.52 Å². The highest BCUT2D eigenvalue weighted by Crippen LogP contribution is 2.23. The third-order valence-corrected chi connectivity index (χ3v) is 3.88. The van der Waals surface area contributed by atoms with Crippen LogP contribution in [0.25, 0.3) is 0 Å². The van der Waals surface area contributed by atoms with Gasteiger partial charge in [0, 0.05) is 32.6 Å². The summed E-state index contributed by atoms with van der Waals surface area (Å²) in [5.41, 5.74) is 0.00279. The SMILES string of the molecule is CN(C)c1ncccc1NS(=O)(=O)c1ccc(=O)[nH]c1. The molecule has 2 heterocycles. The first-order valence-electron chi connectivity index (χ1n) is 5.74. The molecular formula is C12H14N4O3S. The second-order valence-electron chi connectivity index (χ2n) is 4.26. The van der Waals surface area contributed by atoms with Crippen LogP contribution in [-0.2, 0) is 10.0 Å². The number of hydrogen-bond donors (Lipinski definition) is 2. The summed E-state index contributed by atoms with van der Waals surface area (Å²) >= 11 is 0. The van der Waals surface area contributed by atoms with E-state index in [2.05, 4.69) is 14.7 Å². The lowest BCUT2D eigenvalue weighted by Crippen LogP contribution is -2.19. The van der Waals surface area contributed by atoms with Crippen LogP contribution in [0.3, 0.4) is 0 Å². The van der Waals surface area contributed by atoms with Crippen LogP contribution >= 0.6 is 0 Å². The van der Waals surface area contributed by atoms with Gasteiger partial charge in [0.15, 0.2) is 5.82 Å². The van der Waals surface area contributed by atoms with Crippen molar-refractivity contribution in [3.05, 3.63) is 47.0 Å². The van der Waals surface area contributed by atoms with Crippen molar-refractivity contribution in [2.75, 3.05) is 23.7 Å². The van der Waals surface area contributed by atoms with Crippen LogP contribution < -0.4 is 15.2 Å². The minimum atomic E-state index is -3.77. The first-order chi connectivity index (χ1) is 9.40. The van der Waals surface area contributed by atoms with Gasteiger partial charge in [-0.05, 0) is 18.2 Å². The molecule has 0 amide bonds. The summed E-state index contributed by atoms with van der Waals surface area (Å²) in [5, 5.41) is 0. The van der Waals surface area contributed by atoms with Gasteiger partial charge in [0.25, 0.3) is 10.0 Å². The summed E-state index contributed by atoms with van der Waals surface area (Å²) in [5.74, 6) is 0.500. The fraction of sp³-hybridized carbons (Fsp3) is 0.167. The van der Waals surface area contributed by atoms with Gasteiger partial charge in [-0.15, -0.1) is 0 Å². The van der Waals surface area contributed by atoms with Crippen molar-refractivity contribution in [2.45, 2.75) is 4.90 Å². The highest BCUT2D eigenvalue weighted by molar-refractivity contribution is 7.92. The molecule has 0 aliphatic rings. The predicted octanol–water partition coefficient (Wildman–Crippen LogP) is 0.637. The Morgan fingerprint density at radius 2 is 2.00 bits per heavy atom. The van der Waals surface area contributed by atoms with E-state index in [0.717, 1.165) is 12.3 Å². The lowest BCUT2D eigenvalue weighted by Gasteiger charge is -2.16. The molecule has 0 unspecified atom stereocenters. The maximum atomic E-state index is 12.2. The Bertz CT molecular complexity index is 748. The van der Waals surface area contributed by atoms with E-state index in [9.17, 15) is 13.2 Å². The van der Waals surface area contributed by atoms with Crippen LogP contribution in [0.2, 0.25) is 0 Å². The summed E-state index contributed by atoms with van der Waals surface area (Å²) in [6.07, 6.45) is 2.73. The molecule has 0 aliphatic carbocycles. The van der Waals surface area contributed by atoms with Gasteiger partial charge in [0.05, 0.1) is 5.69 Å². The number of anilines is 2. The maximum absolute atomic E-state index is 12.2. The third-order valence-electron chi connectivity index (χ3n) is 2.52. The largest absolute Gasteiger partial charge is 0.361 e. The Morgan fingerprint density at radius 3 is 2.60 bits per heavy atom. The number of hydrogen-bond acceptors (Lipinski definition) is 5. The van der Waals surface area contributed by atoms with Gasteiger partial charge in [-0.25, -0.2) is 13.4 Å². The van der Waals surface area contributed by atoms with Gasteiger partial charge in [-0.1, -0.05) is 0 Å².